The number of hydrogen-bond acceptors (Lipinski definition) is 4. The van der Waals surface area contributed by atoms with Crippen LogP contribution in [-0.4, -0.2) is 42.0 Å². The number of nitrogens with zero attached hydrogens (tertiary/aromatic N) is 1. The third-order valence-electron chi connectivity index (χ3n) is 4.14. The van der Waals surface area contributed by atoms with Crippen molar-refractivity contribution in [3.63, 3.8) is 0 Å². The molecule has 0 radical (unpaired) electrons. The maximum Gasteiger partial charge on any atom is 0.458 e. The monoisotopic (exact) mass is 410 g/mol. The molecule has 1 aliphatic rings. The average molecular weight is 410 g/mol. The number of carbonyl (C=O) groups excluding carboxylic acids is 1. The number of anilines is 1. The fraction of sp³-hybridized carbons (Fsp3) is 0.611. The molecule has 2 N–H and O–H groups in total. The van der Waals surface area contributed by atoms with Gasteiger partial charge in [0.1, 0.15) is 18.0 Å². The van der Waals surface area contributed by atoms with Crippen LogP contribution in [0.1, 0.15) is 39.2 Å². The van der Waals surface area contributed by atoms with Crippen molar-refractivity contribution in [3.05, 3.63) is 23.8 Å². The Morgan fingerprint density at radius 3 is 2.43 bits per heavy atom. The third kappa shape index (κ3) is 4.96. The van der Waals surface area contributed by atoms with Gasteiger partial charge in [-0.25, -0.2) is 4.79 Å². The maximum absolute atomic E-state index is 13.8. The molecular weight excluding hydrogens is 387 g/mol. The van der Waals surface area contributed by atoms with Gasteiger partial charge in [0.2, 0.25) is 0 Å². The third-order valence-corrected chi connectivity index (χ3v) is 4.14. The molecule has 0 aromatic heterocycles. The number of ether oxygens (including phenoxy) is 2. The predicted molar refractivity (Wildman–Crippen MR) is 92.3 cm³/mol. The second-order valence-electron chi connectivity index (χ2n) is 7.61. The van der Waals surface area contributed by atoms with Gasteiger partial charge in [0.05, 0.1) is 11.6 Å². The summed E-state index contributed by atoms with van der Waals surface area (Å²) in [5.74, 6) is -5.77. The lowest BCUT2D eigenvalue weighted by Gasteiger charge is -2.29. The summed E-state index contributed by atoms with van der Waals surface area (Å²) < 4.78 is 76.5. The number of carbonyl (C=O) groups is 1. The summed E-state index contributed by atoms with van der Waals surface area (Å²) in [6, 6.07) is 1.95. The van der Waals surface area contributed by atoms with Crippen LogP contribution in [-0.2, 0) is 10.7 Å². The molecule has 2 rings (SSSR count). The molecule has 10 heteroatoms. The smallest absolute Gasteiger partial charge is 0.458 e. The lowest BCUT2D eigenvalue weighted by atomic mass is 10.1. The second-order valence-corrected chi connectivity index (χ2v) is 7.61. The number of halogens is 5. The van der Waals surface area contributed by atoms with Gasteiger partial charge in [-0.1, -0.05) is 0 Å². The number of hydrogen-bond donors (Lipinski definition) is 1. The van der Waals surface area contributed by atoms with E-state index in [9.17, 15) is 26.7 Å². The zero-order valence-corrected chi connectivity index (χ0v) is 15.8. The van der Waals surface area contributed by atoms with Gasteiger partial charge in [0.25, 0.3) is 0 Å². The minimum Gasteiger partial charge on any atom is -0.491 e. The summed E-state index contributed by atoms with van der Waals surface area (Å²) in [5.41, 5.74) is 3.45. The molecule has 1 aliphatic heterocycles. The van der Waals surface area contributed by atoms with E-state index in [1.54, 1.807) is 20.8 Å². The van der Waals surface area contributed by atoms with Crippen LogP contribution in [0.2, 0.25) is 0 Å². The number of rotatable bonds is 4. The molecule has 158 valence electrons. The number of alkyl halides is 5. The van der Waals surface area contributed by atoms with Gasteiger partial charge in [-0.2, -0.15) is 22.0 Å². The van der Waals surface area contributed by atoms with E-state index in [0.29, 0.717) is 25.5 Å². The number of benzene rings is 1. The predicted octanol–water partition coefficient (Wildman–Crippen LogP) is 4.70. The van der Waals surface area contributed by atoms with Gasteiger partial charge in [-0.05, 0) is 45.7 Å². The van der Waals surface area contributed by atoms with Crippen molar-refractivity contribution in [2.24, 2.45) is 0 Å². The molecule has 1 heterocycles. The van der Waals surface area contributed by atoms with Crippen molar-refractivity contribution >= 4 is 11.8 Å². The molecule has 0 bridgehead atoms. The molecule has 1 aromatic carbocycles. The van der Waals surface area contributed by atoms with Gasteiger partial charge in [-0.3, -0.25) is 0 Å². The average Bonchev–Trinajstić information content (AvgIpc) is 2.98. The highest BCUT2D eigenvalue weighted by atomic mass is 19.4. The summed E-state index contributed by atoms with van der Waals surface area (Å²) in [4.78, 5) is 13.6. The summed E-state index contributed by atoms with van der Waals surface area (Å²) in [7, 11) is 0. The Morgan fingerprint density at radius 2 is 1.86 bits per heavy atom. The van der Waals surface area contributed by atoms with E-state index in [2.05, 4.69) is 0 Å². The second kappa shape index (κ2) is 7.63. The Bertz CT molecular complexity index is 716. The van der Waals surface area contributed by atoms with Crippen LogP contribution in [0, 0.1) is 0 Å². The molecule has 0 spiro atoms. The van der Waals surface area contributed by atoms with Crippen molar-refractivity contribution in [2.75, 3.05) is 18.9 Å². The first-order chi connectivity index (χ1) is 12.7. The minimum absolute atomic E-state index is 0.0212. The number of nitrogen functional groups attached to an aromatic ring is 1. The Morgan fingerprint density at radius 1 is 1.21 bits per heavy atom. The van der Waals surface area contributed by atoms with Crippen molar-refractivity contribution < 1.29 is 36.2 Å². The lowest BCUT2D eigenvalue weighted by molar-refractivity contribution is -0.289. The Hall–Kier alpha value is -2.26. The molecule has 0 aliphatic carbocycles. The quantitative estimate of drug-likeness (QED) is 0.577. The van der Waals surface area contributed by atoms with Crippen LogP contribution in [0.3, 0.4) is 0 Å². The van der Waals surface area contributed by atoms with Crippen LogP contribution in [0.15, 0.2) is 18.2 Å². The number of amides is 1. The van der Waals surface area contributed by atoms with Crippen molar-refractivity contribution in [1.82, 2.24) is 4.90 Å². The van der Waals surface area contributed by atoms with Crippen LogP contribution in [0.5, 0.6) is 5.75 Å². The first kappa shape index (κ1) is 22.0. The van der Waals surface area contributed by atoms with Crippen molar-refractivity contribution in [1.29, 1.82) is 0 Å². The Kier molecular flexibility index (Phi) is 6.01. The molecule has 1 aromatic rings. The van der Waals surface area contributed by atoms with Gasteiger partial charge >= 0.3 is 18.2 Å². The summed E-state index contributed by atoms with van der Waals surface area (Å²) in [6.07, 6.45) is -5.23. The van der Waals surface area contributed by atoms with Crippen LogP contribution in [0.4, 0.5) is 32.4 Å². The van der Waals surface area contributed by atoms with Gasteiger partial charge in [0, 0.05) is 18.3 Å². The highest BCUT2D eigenvalue weighted by Crippen LogP contribution is 2.47. The van der Waals surface area contributed by atoms with Gasteiger partial charge in [-0.15, -0.1) is 0 Å². The highest BCUT2D eigenvalue weighted by molar-refractivity contribution is 5.69. The fourth-order valence-electron chi connectivity index (χ4n) is 2.83. The molecule has 1 amide bonds. The van der Waals surface area contributed by atoms with Crippen LogP contribution in [0.25, 0.3) is 0 Å². The lowest BCUT2D eigenvalue weighted by Crippen LogP contribution is -2.42. The van der Waals surface area contributed by atoms with E-state index in [4.69, 9.17) is 15.2 Å². The molecule has 5 nitrogen and oxygen atoms in total. The topological polar surface area (TPSA) is 64.8 Å². The highest BCUT2D eigenvalue weighted by Gasteiger charge is 2.60. The first-order valence-corrected chi connectivity index (χ1v) is 8.69. The molecular formula is C18H23F5N2O3. The van der Waals surface area contributed by atoms with Crippen LogP contribution >= 0.6 is 0 Å². The zero-order chi connectivity index (χ0) is 21.3. The van der Waals surface area contributed by atoms with Crippen LogP contribution < -0.4 is 10.5 Å². The molecule has 0 saturated carbocycles. The van der Waals surface area contributed by atoms with E-state index in [1.165, 1.54) is 4.90 Å². The standard InChI is InChI=1S/C18H23F5N2O3/c1-16(2,3)28-15(26)25-8-4-5-12(25)10-27-14-9-11(24)6-7-13(14)17(19,20)18(21,22)23/h6-7,9,12H,4-5,8,10,24H2,1-3H3/t12-/m1/s1. The van der Waals surface area contributed by atoms with Gasteiger partial charge in [0.15, 0.2) is 0 Å². The molecule has 1 atom stereocenters. The summed E-state index contributed by atoms with van der Waals surface area (Å²) in [6.45, 7) is 5.22. The summed E-state index contributed by atoms with van der Waals surface area (Å²) >= 11 is 0. The molecule has 0 unspecified atom stereocenters. The fourth-order valence-corrected chi connectivity index (χ4v) is 2.83. The molecule has 1 saturated heterocycles. The van der Waals surface area contributed by atoms with Crippen molar-refractivity contribution in [2.45, 2.75) is 57.4 Å². The minimum atomic E-state index is -5.78. The maximum atomic E-state index is 13.8. The van der Waals surface area contributed by atoms with E-state index in [1.807, 2.05) is 0 Å². The zero-order valence-electron chi connectivity index (χ0n) is 15.8. The van der Waals surface area contributed by atoms with Gasteiger partial charge < -0.3 is 20.1 Å². The first-order valence-electron chi connectivity index (χ1n) is 8.69. The van der Waals surface area contributed by atoms with E-state index >= 15 is 0 Å². The van der Waals surface area contributed by atoms with E-state index < -0.39 is 41.1 Å². The van der Waals surface area contributed by atoms with E-state index in [0.717, 1.165) is 12.1 Å². The normalized spacial score (nSPS) is 18.3. The Labute approximate surface area is 159 Å². The SMILES string of the molecule is CC(C)(C)OC(=O)N1CCC[C@@H]1COc1cc(N)ccc1C(F)(F)C(F)(F)F. The number of nitrogens with two attached hydrogens (primary N) is 1. The summed E-state index contributed by atoms with van der Waals surface area (Å²) in [5, 5.41) is 0. The van der Waals surface area contributed by atoms with Crippen molar-refractivity contribution in [3.8, 4) is 5.75 Å². The number of likely N-dealkylation sites (tertiary alicyclic amines) is 1. The van der Waals surface area contributed by atoms with E-state index in [-0.39, 0.29) is 12.3 Å². The molecule has 28 heavy (non-hydrogen) atoms. The molecule has 1 fully saturated rings. The Balaban J connectivity index is 2.18. The largest absolute Gasteiger partial charge is 0.491 e.